The average molecular weight is 282 g/mol. The molecule has 4 heteroatoms. The van der Waals surface area contributed by atoms with Crippen molar-refractivity contribution in [2.45, 2.75) is 39.7 Å². The van der Waals surface area contributed by atoms with Gasteiger partial charge in [0.2, 0.25) is 0 Å². The van der Waals surface area contributed by atoms with Crippen LogP contribution < -0.4 is 4.74 Å². The molecule has 0 spiro atoms. The summed E-state index contributed by atoms with van der Waals surface area (Å²) >= 11 is 6.04. The number of benzene rings is 1. The van der Waals surface area contributed by atoms with E-state index in [1.54, 1.807) is 18.2 Å². The van der Waals surface area contributed by atoms with Gasteiger partial charge in [0.05, 0.1) is 29.7 Å². The summed E-state index contributed by atoms with van der Waals surface area (Å²) in [6.07, 6.45) is 2.64. The standard InChI is InChI=1S/C15H20ClNO2/c1-15(2,11-17)8-3-4-9-19-14-12(10-18)6-5-7-13(14)16/h5-7,18H,3-4,8-10H2,1-2H3. The van der Waals surface area contributed by atoms with Crippen LogP contribution in [0.25, 0.3) is 0 Å². The molecule has 0 saturated heterocycles. The molecule has 0 bridgehead atoms. The van der Waals surface area contributed by atoms with Gasteiger partial charge in [-0.05, 0) is 39.2 Å². The second-order valence-corrected chi connectivity index (χ2v) is 5.59. The SMILES string of the molecule is CC(C)(C#N)CCCCOc1c(Cl)cccc1CO. The Bertz CT molecular complexity index is 452. The number of hydrogen-bond acceptors (Lipinski definition) is 3. The van der Waals surface area contributed by atoms with Gasteiger partial charge in [-0.2, -0.15) is 5.26 Å². The van der Waals surface area contributed by atoms with Crippen LogP contribution in [0.2, 0.25) is 5.02 Å². The van der Waals surface area contributed by atoms with E-state index in [0.29, 0.717) is 22.9 Å². The average Bonchev–Trinajstić information content (AvgIpc) is 2.39. The summed E-state index contributed by atoms with van der Waals surface area (Å²) in [6, 6.07) is 7.61. The summed E-state index contributed by atoms with van der Waals surface area (Å²) in [5, 5.41) is 18.6. The summed E-state index contributed by atoms with van der Waals surface area (Å²) in [6.45, 7) is 4.33. The number of rotatable bonds is 7. The topological polar surface area (TPSA) is 53.2 Å². The van der Waals surface area contributed by atoms with Crippen LogP contribution >= 0.6 is 11.6 Å². The van der Waals surface area contributed by atoms with Crippen molar-refractivity contribution in [1.82, 2.24) is 0 Å². The molecule has 0 aromatic heterocycles. The van der Waals surface area contributed by atoms with E-state index in [1.165, 1.54) is 0 Å². The predicted molar refractivity (Wildman–Crippen MR) is 76.1 cm³/mol. The van der Waals surface area contributed by atoms with E-state index in [2.05, 4.69) is 6.07 Å². The van der Waals surface area contributed by atoms with E-state index in [9.17, 15) is 5.11 Å². The first-order valence-corrected chi connectivity index (χ1v) is 6.80. The number of nitrogens with zero attached hydrogens (tertiary/aromatic N) is 1. The van der Waals surface area contributed by atoms with Crippen LogP contribution in [0.1, 0.15) is 38.7 Å². The van der Waals surface area contributed by atoms with E-state index in [4.69, 9.17) is 21.6 Å². The molecule has 104 valence electrons. The normalized spacial score (nSPS) is 11.1. The number of ether oxygens (including phenoxy) is 1. The molecule has 1 N–H and O–H groups in total. The monoisotopic (exact) mass is 281 g/mol. The highest BCUT2D eigenvalue weighted by Gasteiger charge is 2.15. The van der Waals surface area contributed by atoms with Crippen LogP contribution in [0.5, 0.6) is 5.75 Å². The van der Waals surface area contributed by atoms with Crippen LogP contribution in [-0.4, -0.2) is 11.7 Å². The number of para-hydroxylation sites is 1. The zero-order chi connectivity index (χ0) is 14.3. The van der Waals surface area contributed by atoms with Crippen molar-refractivity contribution in [2.24, 2.45) is 5.41 Å². The molecule has 19 heavy (non-hydrogen) atoms. The number of halogens is 1. The molecule has 1 aromatic rings. The van der Waals surface area contributed by atoms with E-state index in [0.717, 1.165) is 19.3 Å². The molecule has 0 unspecified atom stereocenters. The lowest BCUT2D eigenvalue weighted by Crippen LogP contribution is -2.08. The minimum absolute atomic E-state index is 0.0860. The molecule has 0 amide bonds. The molecule has 1 rings (SSSR count). The number of aliphatic hydroxyl groups is 1. The minimum atomic E-state index is -0.277. The minimum Gasteiger partial charge on any atom is -0.492 e. The van der Waals surface area contributed by atoms with Crippen molar-refractivity contribution in [3.8, 4) is 11.8 Å². The van der Waals surface area contributed by atoms with E-state index in [-0.39, 0.29) is 12.0 Å². The molecule has 0 saturated carbocycles. The third-order valence-corrected chi connectivity index (χ3v) is 3.26. The highest BCUT2D eigenvalue weighted by molar-refractivity contribution is 6.32. The third kappa shape index (κ3) is 5.10. The molecule has 0 atom stereocenters. The van der Waals surface area contributed by atoms with Gasteiger partial charge >= 0.3 is 0 Å². The van der Waals surface area contributed by atoms with Gasteiger partial charge in [-0.1, -0.05) is 23.7 Å². The fourth-order valence-electron chi connectivity index (χ4n) is 1.74. The first kappa shape index (κ1) is 15.8. The van der Waals surface area contributed by atoms with Crippen molar-refractivity contribution in [3.05, 3.63) is 28.8 Å². The maximum absolute atomic E-state index is 9.21. The lowest BCUT2D eigenvalue weighted by Gasteiger charge is -2.15. The van der Waals surface area contributed by atoms with Crippen molar-refractivity contribution < 1.29 is 9.84 Å². The molecule has 3 nitrogen and oxygen atoms in total. The van der Waals surface area contributed by atoms with Gasteiger partial charge in [0.25, 0.3) is 0 Å². The van der Waals surface area contributed by atoms with Gasteiger partial charge in [0, 0.05) is 5.56 Å². The Balaban J connectivity index is 2.40. The van der Waals surface area contributed by atoms with Crippen LogP contribution in [-0.2, 0) is 6.61 Å². The molecule has 1 aromatic carbocycles. The molecule has 0 radical (unpaired) electrons. The Morgan fingerprint density at radius 3 is 2.74 bits per heavy atom. The van der Waals surface area contributed by atoms with E-state index >= 15 is 0 Å². The van der Waals surface area contributed by atoms with Gasteiger partial charge in [-0.15, -0.1) is 0 Å². The first-order chi connectivity index (χ1) is 9.00. The molecule has 0 aliphatic rings. The maximum Gasteiger partial charge on any atom is 0.143 e. The lowest BCUT2D eigenvalue weighted by atomic mass is 9.89. The Labute approximate surface area is 119 Å². The number of unbranched alkanes of at least 4 members (excludes halogenated alkanes) is 1. The van der Waals surface area contributed by atoms with Gasteiger partial charge in [-0.25, -0.2) is 0 Å². The molecule has 0 heterocycles. The molecular weight excluding hydrogens is 262 g/mol. The number of hydrogen-bond donors (Lipinski definition) is 1. The molecular formula is C15H20ClNO2. The molecule has 0 aliphatic heterocycles. The maximum atomic E-state index is 9.21. The highest BCUT2D eigenvalue weighted by Crippen LogP contribution is 2.29. The largest absolute Gasteiger partial charge is 0.492 e. The first-order valence-electron chi connectivity index (χ1n) is 6.42. The Morgan fingerprint density at radius 2 is 2.11 bits per heavy atom. The van der Waals surface area contributed by atoms with Crippen molar-refractivity contribution in [3.63, 3.8) is 0 Å². The van der Waals surface area contributed by atoms with Gasteiger partial charge in [-0.3, -0.25) is 0 Å². The summed E-state index contributed by atoms with van der Waals surface area (Å²) in [5.41, 5.74) is 0.422. The Kier molecular flexibility index (Phi) is 6.14. The summed E-state index contributed by atoms with van der Waals surface area (Å²) in [5.74, 6) is 0.561. The van der Waals surface area contributed by atoms with Crippen LogP contribution in [0.4, 0.5) is 0 Å². The highest BCUT2D eigenvalue weighted by atomic mass is 35.5. The molecule has 0 fully saturated rings. The fraction of sp³-hybridized carbons (Fsp3) is 0.533. The van der Waals surface area contributed by atoms with Gasteiger partial charge in [0.1, 0.15) is 5.75 Å². The van der Waals surface area contributed by atoms with E-state index in [1.807, 2.05) is 13.8 Å². The number of nitriles is 1. The predicted octanol–water partition coefficient (Wildman–Crippen LogP) is 3.93. The summed E-state index contributed by atoms with van der Waals surface area (Å²) < 4.78 is 5.63. The van der Waals surface area contributed by atoms with Gasteiger partial charge < -0.3 is 9.84 Å². The Hall–Kier alpha value is -1.24. The zero-order valence-electron chi connectivity index (χ0n) is 11.4. The van der Waals surface area contributed by atoms with Crippen LogP contribution in [0.3, 0.4) is 0 Å². The third-order valence-electron chi connectivity index (χ3n) is 2.96. The van der Waals surface area contributed by atoms with Crippen molar-refractivity contribution >= 4 is 11.6 Å². The van der Waals surface area contributed by atoms with Crippen molar-refractivity contribution in [1.29, 1.82) is 5.26 Å². The summed E-state index contributed by atoms with van der Waals surface area (Å²) in [7, 11) is 0. The quantitative estimate of drug-likeness (QED) is 0.771. The number of aliphatic hydroxyl groups excluding tert-OH is 1. The smallest absolute Gasteiger partial charge is 0.143 e. The second kappa shape index (κ2) is 7.37. The zero-order valence-corrected chi connectivity index (χ0v) is 12.2. The van der Waals surface area contributed by atoms with Crippen LogP contribution in [0.15, 0.2) is 18.2 Å². The Morgan fingerprint density at radius 1 is 1.37 bits per heavy atom. The molecule has 0 aliphatic carbocycles. The van der Waals surface area contributed by atoms with Crippen LogP contribution in [0, 0.1) is 16.7 Å². The van der Waals surface area contributed by atoms with E-state index < -0.39 is 0 Å². The second-order valence-electron chi connectivity index (χ2n) is 5.19. The lowest BCUT2D eigenvalue weighted by molar-refractivity contribution is 0.258. The fourth-order valence-corrected chi connectivity index (χ4v) is 1.99. The van der Waals surface area contributed by atoms with Gasteiger partial charge in [0.15, 0.2) is 0 Å². The van der Waals surface area contributed by atoms with Crippen molar-refractivity contribution in [2.75, 3.05) is 6.61 Å². The summed E-state index contributed by atoms with van der Waals surface area (Å²) in [4.78, 5) is 0.